The molecule has 0 spiro atoms. The van der Waals surface area contributed by atoms with Crippen molar-refractivity contribution in [2.45, 2.75) is 12.6 Å². The van der Waals surface area contributed by atoms with Crippen molar-refractivity contribution in [2.75, 3.05) is 0 Å². The van der Waals surface area contributed by atoms with Crippen LogP contribution in [0.25, 0.3) is 0 Å². The van der Waals surface area contributed by atoms with E-state index in [9.17, 15) is 9.90 Å². The zero-order chi connectivity index (χ0) is 14.5. The molecule has 2 rings (SSSR count). The van der Waals surface area contributed by atoms with Crippen LogP contribution in [0.15, 0.2) is 53.0 Å². The van der Waals surface area contributed by atoms with Crippen LogP contribution >= 0.6 is 27.5 Å². The Bertz CT molecular complexity index is 604. The normalized spacial score (nSPS) is 12.1. The highest BCUT2D eigenvalue weighted by atomic mass is 79.9. The van der Waals surface area contributed by atoms with Crippen LogP contribution < -0.4 is 5.32 Å². The molecular formula is C15H13BrClNO2. The number of nitrogens with one attached hydrogen (secondary N) is 1. The van der Waals surface area contributed by atoms with E-state index in [1.54, 1.807) is 18.2 Å². The van der Waals surface area contributed by atoms with Crippen molar-refractivity contribution in [3.63, 3.8) is 0 Å². The molecule has 0 aliphatic rings. The molecule has 2 aromatic carbocycles. The fraction of sp³-hybridized carbons (Fsp3) is 0.133. The van der Waals surface area contributed by atoms with E-state index in [1.165, 1.54) is 0 Å². The van der Waals surface area contributed by atoms with E-state index in [1.807, 2.05) is 30.3 Å². The Kier molecular flexibility index (Phi) is 5.17. The molecule has 0 bridgehead atoms. The highest BCUT2D eigenvalue weighted by Gasteiger charge is 2.21. The molecule has 0 amide bonds. The number of carbonyl (C=O) groups is 1. The monoisotopic (exact) mass is 353 g/mol. The number of rotatable bonds is 5. The fourth-order valence-corrected chi connectivity index (χ4v) is 2.66. The van der Waals surface area contributed by atoms with Crippen LogP contribution in [0.1, 0.15) is 17.2 Å². The lowest BCUT2D eigenvalue weighted by atomic mass is 10.1. The van der Waals surface area contributed by atoms with Gasteiger partial charge in [-0.05, 0) is 23.3 Å². The minimum Gasteiger partial charge on any atom is -0.480 e. The molecule has 5 heteroatoms. The van der Waals surface area contributed by atoms with Gasteiger partial charge in [0.2, 0.25) is 0 Å². The maximum absolute atomic E-state index is 11.4. The molecule has 0 heterocycles. The van der Waals surface area contributed by atoms with Gasteiger partial charge in [0.05, 0.1) is 0 Å². The topological polar surface area (TPSA) is 49.3 Å². The summed E-state index contributed by atoms with van der Waals surface area (Å²) < 4.78 is 0.818. The zero-order valence-corrected chi connectivity index (χ0v) is 12.9. The largest absolute Gasteiger partial charge is 0.480 e. The molecule has 104 valence electrons. The summed E-state index contributed by atoms with van der Waals surface area (Å²) in [4.78, 5) is 11.4. The Hall–Kier alpha value is -1.36. The summed E-state index contributed by atoms with van der Waals surface area (Å²) in [5.74, 6) is -0.954. The lowest BCUT2D eigenvalue weighted by molar-refractivity contribution is -0.139. The van der Waals surface area contributed by atoms with Crippen molar-refractivity contribution in [3.8, 4) is 0 Å². The molecule has 0 aliphatic heterocycles. The summed E-state index contributed by atoms with van der Waals surface area (Å²) in [7, 11) is 0. The second kappa shape index (κ2) is 6.88. The van der Waals surface area contributed by atoms with Crippen molar-refractivity contribution in [3.05, 3.63) is 69.2 Å². The third kappa shape index (κ3) is 3.82. The first-order chi connectivity index (χ1) is 9.58. The first kappa shape index (κ1) is 15.0. The number of halogens is 2. The first-order valence-corrected chi connectivity index (χ1v) is 7.20. The average molecular weight is 355 g/mol. The van der Waals surface area contributed by atoms with E-state index in [0.717, 1.165) is 10.0 Å². The standard InChI is InChI=1S/C15H13BrClNO2/c16-11-6-7-12(13(17)8-11)14(15(19)20)18-9-10-4-2-1-3-5-10/h1-8,14,18H,9H2,(H,19,20). The number of aliphatic carboxylic acids is 1. The minimum atomic E-state index is -0.954. The van der Waals surface area contributed by atoms with E-state index in [4.69, 9.17) is 11.6 Å². The summed E-state index contributed by atoms with van der Waals surface area (Å²) in [6.45, 7) is 0.462. The summed E-state index contributed by atoms with van der Waals surface area (Å²) in [5.41, 5.74) is 1.57. The molecular weight excluding hydrogens is 342 g/mol. The van der Waals surface area contributed by atoms with Crippen LogP contribution in [0.3, 0.4) is 0 Å². The molecule has 3 nitrogen and oxygen atoms in total. The minimum absolute atomic E-state index is 0.423. The van der Waals surface area contributed by atoms with Crippen molar-refractivity contribution >= 4 is 33.5 Å². The van der Waals surface area contributed by atoms with Crippen LogP contribution in [0.2, 0.25) is 5.02 Å². The quantitative estimate of drug-likeness (QED) is 0.852. The van der Waals surface area contributed by atoms with Gasteiger partial charge in [-0.1, -0.05) is 63.9 Å². The number of carboxylic acids is 1. The average Bonchev–Trinajstić information content (AvgIpc) is 2.42. The van der Waals surface area contributed by atoms with Crippen LogP contribution in [-0.4, -0.2) is 11.1 Å². The third-order valence-electron chi connectivity index (χ3n) is 2.87. The summed E-state index contributed by atoms with van der Waals surface area (Å²) >= 11 is 9.42. The maximum atomic E-state index is 11.4. The highest BCUT2D eigenvalue weighted by molar-refractivity contribution is 9.10. The molecule has 2 aromatic rings. The van der Waals surface area contributed by atoms with Gasteiger partial charge in [0.1, 0.15) is 6.04 Å². The van der Waals surface area contributed by atoms with E-state index < -0.39 is 12.0 Å². The van der Waals surface area contributed by atoms with Crippen LogP contribution in [0.4, 0.5) is 0 Å². The molecule has 0 radical (unpaired) electrons. The first-order valence-electron chi connectivity index (χ1n) is 6.03. The SMILES string of the molecule is O=C(O)C(NCc1ccccc1)c1ccc(Br)cc1Cl. The third-order valence-corrected chi connectivity index (χ3v) is 3.69. The second-order valence-corrected chi connectivity index (χ2v) is 5.63. The molecule has 0 saturated carbocycles. The summed E-state index contributed by atoms with van der Waals surface area (Å²) in [5, 5.41) is 12.8. The number of carboxylic acid groups (broad SMARTS) is 1. The van der Waals surface area contributed by atoms with Gasteiger partial charge in [0, 0.05) is 16.0 Å². The van der Waals surface area contributed by atoms with Crippen LogP contribution in [0.5, 0.6) is 0 Å². The smallest absolute Gasteiger partial charge is 0.325 e. The van der Waals surface area contributed by atoms with Gasteiger partial charge < -0.3 is 5.11 Å². The van der Waals surface area contributed by atoms with Crippen molar-refractivity contribution in [1.82, 2.24) is 5.32 Å². The van der Waals surface area contributed by atoms with Gasteiger partial charge in [-0.3, -0.25) is 10.1 Å². The predicted molar refractivity (Wildman–Crippen MR) is 82.8 cm³/mol. The van der Waals surface area contributed by atoms with Crippen molar-refractivity contribution in [2.24, 2.45) is 0 Å². The van der Waals surface area contributed by atoms with Gasteiger partial charge >= 0.3 is 5.97 Å². The highest BCUT2D eigenvalue weighted by Crippen LogP contribution is 2.27. The van der Waals surface area contributed by atoms with E-state index in [2.05, 4.69) is 21.2 Å². The Labute approximate surface area is 130 Å². The van der Waals surface area contributed by atoms with E-state index in [-0.39, 0.29) is 0 Å². The Morgan fingerprint density at radius 2 is 1.95 bits per heavy atom. The second-order valence-electron chi connectivity index (χ2n) is 4.30. The van der Waals surface area contributed by atoms with E-state index >= 15 is 0 Å². The molecule has 1 atom stereocenters. The molecule has 1 unspecified atom stereocenters. The molecule has 20 heavy (non-hydrogen) atoms. The van der Waals surface area contributed by atoms with Crippen molar-refractivity contribution in [1.29, 1.82) is 0 Å². The maximum Gasteiger partial charge on any atom is 0.325 e. The van der Waals surface area contributed by atoms with Crippen LogP contribution in [-0.2, 0) is 11.3 Å². The lowest BCUT2D eigenvalue weighted by Gasteiger charge is -2.16. The predicted octanol–water partition coefficient (Wildman–Crippen LogP) is 4.02. The summed E-state index contributed by atoms with van der Waals surface area (Å²) in [6.07, 6.45) is 0. The molecule has 0 aromatic heterocycles. The Morgan fingerprint density at radius 3 is 2.55 bits per heavy atom. The van der Waals surface area contributed by atoms with Gasteiger partial charge in [0.15, 0.2) is 0 Å². The molecule has 0 aliphatic carbocycles. The summed E-state index contributed by atoms with van der Waals surface area (Å²) in [6, 6.07) is 14.0. The molecule has 0 saturated heterocycles. The number of benzene rings is 2. The Morgan fingerprint density at radius 1 is 1.25 bits per heavy atom. The molecule has 0 fully saturated rings. The van der Waals surface area contributed by atoms with Crippen molar-refractivity contribution < 1.29 is 9.90 Å². The molecule has 2 N–H and O–H groups in total. The van der Waals surface area contributed by atoms with Gasteiger partial charge in [-0.15, -0.1) is 0 Å². The number of hydrogen-bond donors (Lipinski definition) is 2. The van der Waals surface area contributed by atoms with Gasteiger partial charge in [-0.25, -0.2) is 0 Å². The zero-order valence-electron chi connectivity index (χ0n) is 10.5. The van der Waals surface area contributed by atoms with Gasteiger partial charge in [-0.2, -0.15) is 0 Å². The fourth-order valence-electron chi connectivity index (χ4n) is 1.88. The number of hydrogen-bond acceptors (Lipinski definition) is 2. The lowest BCUT2D eigenvalue weighted by Crippen LogP contribution is -2.28. The van der Waals surface area contributed by atoms with Gasteiger partial charge in [0.25, 0.3) is 0 Å². The van der Waals surface area contributed by atoms with E-state index in [0.29, 0.717) is 17.1 Å². The van der Waals surface area contributed by atoms with Crippen LogP contribution in [0, 0.1) is 0 Å². The Balaban J connectivity index is 2.17.